The molecule has 6 nitrogen and oxygen atoms in total. The number of phenolic OH excluding ortho intramolecular Hbond substituents is 1. The van der Waals surface area contributed by atoms with Crippen molar-refractivity contribution in [3.05, 3.63) is 47.6 Å². The number of benzene rings is 2. The number of pyridine rings is 1. The molecule has 1 saturated heterocycles. The maximum atomic E-state index is 12.5. The zero-order chi connectivity index (χ0) is 22.2. The van der Waals surface area contributed by atoms with Crippen molar-refractivity contribution in [1.82, 2.24) is 9.88 Å². The average molecular weight is 460 g/mol. The Morgan fingerprint density at radius 1 is 1.16 bits per heavy atom. The molecule has 2 N–H and O–H groups in total. The molecule has 4 rings (SSSR count). The fourth-order valence-corrected chi connectivity index (χ4v) is 4.99. The molecule has 0 radical (unpaired) electrons. The molecule has 1 aliphatic heterocycles. The molecular weight excluding hydrogens is 434 g/mol. The number of nitrogens with one attached hydrogen (secondary N) is 1. The van der Waals surface area contributed by atoms with E-state index in [4.69, 9.17) is 11.6 Å². The number of aromatic nitrogens is 1. The number of hydrogen-bond acceptors (Lipinski definition) is 6. The van der Waals surface area contributed by atoms with Crippen LogP contribution >= 0.6 is 11.6 Å². The number of phenols is 1. The van der Waals surface area contributed by atoms with E-state index in [1.54, 1.807) is 18.2 Å². The summed E-state index contributed by atoms with van der Waals surface area (Å²) in [6, 6.07) is 10.7. The molecule has 1 aromatic heterocycles. The van der Waals surface area contributed by atoms with Crippen LogP contribution in [0.3, 0.4) is 0 Å². The van der Waals surface area contributed by atoms with E-state index >= 15 is 0 Å². The van der Waals surface area contributed by atoms with Crippen LogP contribution in [0, 0.1) is 5.92 Å². The summed E-state index contributed by atoms with van der Waals surface area (Å²) in [7, 11) is -1.34. The number of piperidine rings is 1. The molecule has 1 fully saturated rings. The van der Waals surface area contributed by atoms with Crippen LogP contribution in [0.5, 0.6) is 5.75 Å². The first-order chi connectivity index (χ1) is 14.7. The highest BCUT2D eigenvalue weighted by atomic mass is 35.5. The molecule has 0 amide bonds. The maximum Gasteiger partial charge on any atom is 0.179 e. The maximum absolute atomic E-state index is 12.5. The largest absolute Gasteiger partial charge is 0.506 e. The highest BCUT2D eigenvalue weighted by Crippen LogP contribution is 2.35. The first-order valence-corrected chi connectivity index (χ1v) is 12.5. The second-order valence-corrected chi connectivity index (χ2v) is 10.7. The van der Waals surface area contributed by atoms with E-state index in [0.717, 1.165) is 42.4 Å². The normalized spacial score (nSPS) is 16.0. The van der Waals surface area contributed by atoms with Crippen molar-refractivity contribution < 1.29 is 13.5 Å². The number of aromatic hydroxyl groups is 1. The van der Waals surface area contributed by atoms with Gasteiger partial charge < -0.3 is 15.3 Å². The van der Waals surface area contributed by atoms with Crippen molar-refractivity contribution in [2.45, 2.75) is 17.7 Å². The molecule has 1 aliphatic rings. The van der Waals surface area contributed by atoms with Gasteiger partial charge in [0.05, 0.1) is 16.2 Å². The zero-order valence-corrected chi connectivity index (χ0v) is 19.2. The summed E-state index contributed by atoms with van der Waals surface area (Å²) in [5.74, 6) is 0.513. The second-order valence-electron chi connectivity index (χ2n) is 8.30. The summed E-state index contributed by atoms with van der Waals surface area (Å²) in [5.41, 5.74) is 3.00. The van der Waals surface area contributed by atoms with Crippen LogP contribution in [0.25, 0.3) is 22.0 Å². The van der Waals surface area contributed by atoms with E-state index in [0.29, 0.717) is 23.7 Å². The molecule has 31 heavy (non-hydrogen) atoms. The minimum absolute atomic E-state index is 0.0210. The third-order valence-corrected chi connectivity index (χ3v) is 7.33. The van der Waals surface area contributed by atoms with Crippen LogP contribution < -0.4 is 5.32 Å². The third kappa shape index (κ3) is 4.79. The highest BCUT2D eigenvalue weighted by molar-refractivity contribution is 7.90. The standard InChI is InChI=1S/C23H26ClN3O3S/c1-27-9-7-15(8-10-27)13-26-23-18-11-16(17-4-6-21(28)19(24)12-17)3-5-20(18)25-14-22(23)31(2,29)30/h3-6,11-12,14-15,28H,7-10,13H2,1-2H3,(H,25,26). The van der Waals surface area contributed by atoms with Crippen molar-refractivity contribution in [1.29, 1.82) is 0 Å². The summed E-state index contributed by atoms with van der Waals surface area (Å²) >= 11 is 6.09. The monoisotopic (exact) mass is 459 g/mol. The lowest BCUT2D eigenvalue weighted by Gasteiger charge is -2.29. The van der Waals surface area contributed by atoms with E-state index < -0.39 is 9.84 Å². The van der Waals surface area contributed by atoms with Crippen LogP contribution in [-0.2, 0) is 9.84 Å². The SMILES string of the molecule is CN1CCC(CNc2c(S(C)(=O)=O)cnc3ccc(-c4ccc(O)c(Cl)c4)cc23)CC1. The quantitative estimate of drug-likeness (QED) is 0.587. The van der Waals surface area contributed by atoms with Gasteiger partial charge in [-0.25, -0.2) is 8.42 Å². The molecule has 2 heterocycles. The predicted octanol–water partition coefficient (Wildman–Crippen LogP) is 4.42. The minimum atomic E-state index is -3.46. The van der Waals surface area contributed by atoms with Gasteiger partial charge in [-0.2, -0.15) is 0 Å². The average Bonchev–Trinajstić information content (AvgIpc) is 2.74. The topological polar surface area (TPSA) is 82.5 Å². The van der Waals surface area contributed by atoms with Crippen molar-refractivity contribution in [3.63, 3.8) is 0 Å². The zero-order valence-electron chi connectivity index (χ0n) is 17.6. The molecule has 0 atom stereocenters. The van der Waals surface area contributed by atoms with Gasteiger partial charge in [-0.15, -0.1) is 0 Å². The molecule has 0 spiro atoms. The van der Waals surface area contributed by atoms with Crippen molar-refractivity contribution >= 4 is 38.0 Å². The number of likely N-dealkylation sites (tertiary alicyclic amines) is 1. The Balaban J connectivity index is 1.77. The lowest BCUT2D eigenvalue weighted by Crippen LogP contribution is -2.33. The van der Waals surface area contributed by atoms with E-state index in [2.05, 4.69) is 22.2 Å². The molecule has 0 bridgehead atoms. The summed E-state index contributed by atoms with van der Waals surface area (Å²) < 4.78 is 25.0. The molecule has 0 aliphatic carbocycles. The number of hydrogen-bond donors (Lipinski definition) is 2. The van der Waals surface area contributed by atoms with Crippen LogP contribution in [-0.4, -0.2) is 56.3 Å². The fourth-order valence-electron chi connectivity index (χ4n) is 4.02. The second kappa shape index (κ2) is 8.65. The van der Waals surface area contributed by atoms with Gasteiger partial charge in [0.2, 0.25) is 0 Å². The number of fused-ring (bicyclic) bond motifs is 1. The predicted molar refractivity (Wildman–Crippen MR) is 126 cm³/mol. The van der Waals surface area contributed by atoms with E-state index in [9.17, 15) is 13.5 Å². The first-order valence-electron chi connectivity index (χ1n) is 10.3. The molecular formula is C23H26ClN3O3S. The van der Waals surface area contributed by atoms with Gasteiger partial charge in [-0.05, 0) is 74.3 Å². The van der Waals surface area contributed by atoms with Gasteiger partial charge in [0.1, 0.15) is 10.6 Å². The van der Waals surface area contributed by atoms with Gasteiger partial charge in [0.15, 0.2) is 9.84 Å². The highest BCUT2D eigenvalue weighted by Gasteiger charge is 2.21. The summed E-state index contributed by atoms with van der Waals surface area (Å²) in [6.45, 7) is 2.81. The Morgan fingerprint density at radius 2 is 1.84 bits per heavy atom. The van der Waals surface area contributed by atoms with Crippen LogP contribution in [0.1, 0.15) is 12.8 Å². The Kier molecular flexibility index (Phi) is 6.10. The van der Waals surface area contributed by atoms with Gasteiger partial charge in [-0.1, -0.05) is 23.7 Å². The lowest BCUT2D eigenvalue weighted by atomic mass is 9.97. The number of nitrogens with zero attached hydrogens (tertiary/aromatic N) is 2. The number of anilines is 1. The van der Waals surface area contributed by atoms with Crippen molar-refractivity contribution in [2.24, 2.45) is 5.92 Å². The molecule has 3 aromatic rings. The van der Waals surface area contributed by atoms with Gasteiger partial charge >= 0.3 is 0 Å². The minimum Gasteiger partial charge on any atom is -0.506 e. The summed E-state index contributed by atoms with van der Waals surface area (Å²) in [4.78, 5) is 6.90. The van der Waals surface area contributed by atoms with Gasteiger partial charge in [0.25, 0.3) is 0 Å². The fraction of sp³-hybridized carbons (Fsp3) is 0.348. The Morgan fingerprint density at radius 3 is 2.52 bits per heavy atom. The van der Waals surface area contributed by atoms with E-state index in [1.807, 2.05) is 18.2 Å². The van der Waals surface area contributed by atoms with Crippen LogP contribution in [0.15, 0.2) is 47.5 Å². The first kappa shape index (κ1) is 21.9. The molecule has 8 heteroatoms. The van der Waals surface area contributed by atoms with Crippen molar-refractivity contribution in [2.75, 3.05) is 38.3 Å². The van der Waals surface area contributed by atoms with Gasteiger partial charge in [0, 0.05) is 24.4 Å². The smallest absolute Gasteiger partial charge is 0.179 e. The van der Waals surface area contributed by atoms with Gasteiger partial charge in [-0.3, -0.25) is 4.98 Å². The van der Waals surface area contributed by atoms with E-state index in [1.165, 1.54) is 12.5 Å². The molecule has 164 valence electrons. The summed E-state index contributed by atoms with van der Waals surface area (Å²) in [5, 5.41) is 14.2. The van der Waals surface area contributed by atoms with Crippen LogP contribution in [0.2, 0.25) is 5.02 Å². The molecule has 2 aromatic carbocycles. The van der Waals surface area contributed by atoms with Crippen molar-refractivity contribution in [3.8, 4) is 16.9 Å². The lowest BCUT2D eigenvalue weighted by molar-refractivity contribution is 0.226. The molecule has 0 unspecified atom stereocenters. The molecule has 0 saturated carbocycles. The summed E-state index contributed by atoms with van der Waals surface area (Å²) in [6.07, 6.45) is 4.81. The third-order valence-electron chi connectivity index (χ3n) is 5.92. The Labute approximate surface area is 187 Å². The van der Waals surface area contributed by atoms with Crippen LogP contribution in [0.4, 0.5) is 5.69 Å². The Hall–Kier alpha value is -2.35. The number of rotatable bonds is 5. The Bertz CT molecular complexity index is 1220. The van der Waals surface area contributed by atoms with E-state index in [-0.39, 0.29) is 15.7 Å². The number of sulfone groups is 1. The number of halogens is 1.